The molecular weight excluding hydrogens is 377 g/mol. The summed E-state index contributed by atoms with van der Waals surface area (Å²) in [6, 6.07) is 10.6. The summed E-state index contributed by atoms with van der Waals surface area (Å²) in [6.07, 6.45) is 0. The number of benzene rings is 2. The molecule has 1 amide bonds. The molecule has 0 bridgehead atoms. The van der Waals surface area contributed by atoms with E-state index in [1.165, 1.54) is 24.1 Å². The van der Waals surface area contributed by atoms with Gasteiger partial charge in [-0.15, -0.1) is 0 Å². The summed E-state index contributed by atoms with van der Waals surface area (Å²) in [5.41, 5.74) is 2.27. The Kier molecular flexibility index (Phi) is 6.89. The van der Waals surface area contributed by atoms with Gasteiger partial charge in [0.25, 0.3) is 5.91 Å². The minimum absolute atomic E-state index is 0.148. The number of ether oxygens (including phenoxy) is 2. The number of amides is 1. The van der Waals surface area contributed by atoms with Gasteiger partial charge in [-0.2, -0.15) is 0 Å². The first kappa shape index (κ1) is 20.1. The Morgan fingerprint density at radius 3 is 2.31 bits per heavy atom. The van der Waals surface area contributed by atoms with Gasteiger partial charge in [-0.3, -0.25) is 4.79 Å². The van der Waals surface area contributed by atoms with Crippen molar-refractivity contribution in [2.75, 3.05) is 20.8 Å². The third-order valence-corrected chi connectivity index (χ3v) is 4.42. The highest BCUT2D eigenvalue weighted by atomic mass is 35.5. The number of carbonyl (C=O) groups excluding carboxylic acids is 2. The second kappa shape index (κ2) is 8.92. The second-order valence-corrected chi connectivity index (χ2v) is 6.54. The van der Waals surface area contributed by atoms with Crippen molar-refractivity contribution in [1.29, 1.82) is 0 Å². The molecule has 2 aromatic carbocycles. The summed E-state index contributed by atoms with van der Waals surface area (Å²) in [4.78, 5) is 25.8. The number of halogens is 2. The third-order valence-electron chi connectivity index (χ3n) is 3.86. The summed E-state index contributed by atoms with van der Waals surface area (Å²) in [7, 11) is 3.08. The quantitative estimate of drug-likeness (QED) is 0.690. The monoisotopic (exact) mass is 395 g/mol. The van der Waals surface area contributed by atoms with Gasteiger partial charge in [-0.05, 0) is 30.2 Å². The lowest BCUT2D eigenvalue weighted by molar-refractivity contribution is -0.133. The molecule has 0 heterocycles. The highest BCUT2D eigenvalue weighted by molar-refractivity contribution is 6.37. The van der Waals surface area contributed by atoms with Crippen molar-refractivity contribution in [3.63, 3.8) is 0 Å². The Bertz CT molecular complexity index is 800. The zero-order chi connectivity index (χ0) is 19.3. The minimum Gasteiger partial charge on any atom is -0.494 e. The number of aryl methyl sites for hydroxylation is 1. The molecule has 0 saturated carbocycles. The van der Waals surface area contributed by atoms with Crippen LogP contribution in [0, 0.1) is 6.92 Å². The lowest BCUT2D eigenvalue weighted by atomic mass is 10.1. The van der Waals surface area contributed by atoms with E-state index in [4.69, 9.17) is 32.7 Å². The summed E-state index contributed by atoms with van der Waals surface area (Å²) >= 11 is 12.0. The first-order valence-corrected chi connectivity index (χ1v) is 8.57. The Morgan fingerprint density at radius 2 is 1.73 bits per heavy atom. The van der Waals surface area contributed by atoms with Crippen LogP contribution in [-0.4, -0.2) is 37.5 Å². The molecule has 0 aliphatic carbocycles. The van der Waals surface area contributed by atoms with Crippen LogP contribution in [-0.2, 0) is 16.1 Å². The van der Waals surface area contributed by atoms with Crippen molar-refractivity contribution in [3.05, 3.63) is 63.1 Å². The minimum atomic E-state index is -0.686. The number of nitrogens with zero attached hydrogens (tertiary/aromatic N) is 1. The number of rotatable bonds is 6. The first-order chi connectivity index (χ1) is 12.3. The molecule has 0 aliphatic rings. The van der Waals surface area contributed by atoms with Gasteiger partial charge in [0.05, 0.1) is 22.7 Å². The lowest BCUT2D eigenvalue weighted by Gasteiger charge is -2.18. The molecule has 0 N–H and O–H groups in total. The maximum Gasteiger partial charge on any atom is 0.338 e. The van der Waals surface area contributed by atoms with Crippen LogP contribution in [0.2, 0.25) is 10.0 Å². The molecule has 138 valence electrons. The number of methoxy groups -OCH3 is 1. The molecule has 2 aromatic rings. The molecular formula is C19H19Cl2NO4. The van der Waals surface area contributed by atoms with Crippen LogP contribution in [0.1, 0.15) is 21.5 Å². The van der Waals surface area contributed by atoms with Crippen LogP contribution < -0.4 is 4.74 Å². The van der Waals surface area contributed by atoms with Gasteiger partial charge < -0.3 is 14.4 Å². The summed E-state index contributed by atoms with van der Waals surface area (Å²) < 4.78 is 10.1. The van der Waals surface area contributed by atoms with Crippen LogP contribution in [0.4, 0.5) is 0 Å². The summed E-state index contributed by atoms with van der Waals surface area (Å²) in [6.45, 7) is 2.04. The number of carbonyl (C=O) groups is 2. The Balaban J connectivity index is 1.96. The molecule has 0 atom stereocenters. The van der Waals surface area contributed by atoms with Gasteiger partial charge in [0.2, 0.25) is 0 Å². The van der Waals surface area contributed by atoms with E-state index in [1.54, 1.807) is 7.05 Å². The Labute approximate surface area is 162 Å². The highest BCUT2D eigenvalue weighted by Crippen LogP contribution is 2.33. The summed E-state index contributed by atoms with van der Waals surface area (Å²) in [5.74, 6) is -0.722. The smallest absolute Gasteiger partial charge is 0.338 e. The molecule has 0 aromatic heterocycles. The fraction of sp³-hybridized carbons (Fsp3) is 0.263. The van der Waals surface area contributed by atoms with E-state index in [0.29, 0.717) is 6.54 Å². The van der Waals surface area contributed by atoms with Gasteiger partial charge in [-0.25, -0.2) is 4.79 Å². The molecule has 5 nitrogen and oxygen atoms in total. The van der Waals surface area contributed by atoms with E-state index < -0.39 is 5.97 Å². The fourth-order valence-corrected chi connectivity index (χ4v) is 2.97. The van der Waals surface area contributed by atoms with E-state index in [9.17, 15) is 9.59 Å². The molecule has 0 radical (unpaired) electrons. The molecule has 2 rings (SSSR count). The van der Waals surface area contributed by atoms with Crippen molar-refractivity contribution in [2.45, 2.75) is 13.5 Å². The van der Waals surface area contributed by atoms with Crippen LogP contribution in [0.25, 0.3) is 0 Å². The van der Waals surface area contributed by atoms with Gasteiger partial charge in [0.1, 0.15) is 0 Å². The van der Waals surface area contributed by atoms with Crippen LogP contribution in [0.3, 0.4) is 0 Å². The lowest BCUT2D eigenvalue weighted by Crippen LogP contribution is -2.31. The van der Waals surface area contributed by atoms with Gasteiger partial charge in [0.15, 0.2) is 12.4 Å². The van der Waals surface area contributed by atoms with Crippen molar-refractivity contribution in [3.8, 4) is 5.75 Å². The molecule has 0 unspecified atom stereocenters. The SMILES string of the molecule is COc1c(Cl)cc(C(=O)OCC(=O)N(C)Cc2ccccc2C)cc1Cl. The van der Waals surface area contributed by atoms with E-state index in [2.05, 4.69) is 0 Å². The molecule has 0 aliphatic heterocycles. The topological polar surface area (TPSA) is 55.8 Å². The van der Waals surface area contributed by atoms with Crippen molar-refractivity contribution < 1.29 is 19.1 Å². The average molecular weight is 396 g/mol. The van der Waals surface area contributed by atoms with Crippen molar-refractivity contribution in [1.82, 2.24) is 4.90 Å². The number of esters is 1. The van der Waals surface area contributed by atoms with E-state index in [1.807, 2.05) is 31.2 Å². The van der Waals surface area contributed by atoms with Crippen LogP contribution >= 0.6 is 23.2 Å². The first-order valence-electron chi connectivity index (χ1n) is 7.82. The Hall–Kier alpha value is -2.24. The van der Waals surface area contributed by atoms with Crippen molar-refractivity contribution >= 4 is 35.1 Å². The highest BCUT2D eigenvalue weighted by Gasteiger charge is 2.17. The predicted octanol–water partition coefficient (Wildman–Crippen LogP) is 4.13. The maximum absolute atomic E-state index is 12.2. The number of hydrogen-bond donors (Lipinski definition) is 0. The summed E-state index contributed by atoms with van der Waals surface area (Å²) in [5, 5.41) is 0.380. The third kappa shape index (κ3) is 4.90. The van der Waals surface area contributed by atoms with Gasteiger partial charge in [-0.1, -0.05) is 47.5 Å². The number of hydrogen-bond acceptors (Lipinski definition) is 4. The normalized spacial score (nSPS) is 10.3. The number of likely N-dealkylation sites (N-methyl/N-ethyl adjacent to an activating group) is 1. The van der Waals surface area contributed by atoms with E-state index >= 15 is 0 Å². The van der Waals surface area contributed by atoms with Gasteiger partial charge in [0, 0.05) is 13.6 Å². The largest absolute Gasteiger partial charge is 0.494 e. The standard InChI is InChI=1S/C19H19Cl2NO4/c1-12-6-4-5-7-13(12)10-22(2)17(23)11-26-19(24)14-8-15(20)18(25-3)16(21)9-14/h4-9H,10-11H2,1-3H3. The molecule has 0 saturated heterocycles. The van der Waals surface area contributed by atoms with E-state index in [-0.39, 0.29) is 33.9 Å². The van der Waals surface area contributed by atoms with E-state index in [0.717, 1.165) is 11.1 Å². The zero-order valence-electron chi connectivity index (χ0n) is 14.7. The predicted molar refractivity (Wildman–Crippen MR) is 101 cm³/mol. The molecule has 26 heavy (non-hydrogen) atoms. The molecule has 7 heteroatoms. The Morgan fingerprint density at radius 1 is 1.12 bits per heavy atom. The van der Waals surface area contributed by atoms with Gasteiger partial charge >= 0.3 is 5.97 Å². The van der Waals surface area contributed by atoms with Crippen LogP contribution in [0.15, 0.2) is 36.4 Å². The molecule has 0 spiro atoms. The zero-order valence-corrected chi connectivity index (χ0v) is 16.2. The van der Waals surface area contributed by atoms with Crippen molar-refractivity contribution in [2.24, 2.45) is 0 Å². The average Bonchev–Trinajstić information content (AvgIpc) is 2.60. The fourth-order valence-electron chi connectivity index (χ4n) is 2.32. The second-order valence-electron chi connectivity index (χ2n) is 5.73. The van der Waals surface area contributed by atoms with Crippen LogP contribution in [0.5, 0.6) is 5.75 Å². The molecule has 0 fully saturated rings. The maximum atomic E-state index is 12.2.